The minimum Gasteiger partial charge on any atom is -0.361 e. The molecule has 0 saturated heterocycles. The summed E-state index contributed by atoms with van der Waals surface area (Å²) in [5.41, 5.74) is 3.50. The fourth-order valence-corrected chi connectivity index (χ4v) is 3.38. The number of hydrogen-bond acceptors (Lipinski definition) is 2. The summed E-state index contributed by atoms with van der Waals surface area (Å²) >= 11 is 0. The van der Waals surface area contributed by atoms with Gasteiger partial charge in [0.1, 0.15) is 6.73 Å². The summed E-state index contributed by atoms with van der Waals surface area (Å²) in [7, 11) is 1.03. The number of fused-ring (bicyclic) bond motifs is 1. The monoisotopic (exact) mass is 327 g/mol. The molecule has 0 bridgehead atoms. The van der Waals surface area contributed by atoms with Crippen LogP contribution in [0.2, 0.25) is 25.7 Å². The molecule has 1 aromatic carbocycles. The second-order valence-electron chi connectivity index (χ2n) is 7.30. The number of hydrogen-bond donors (Lipinski definition) is 0. The summed E-state index contributed by atoms with van der Waals surface area (Å²) in [4.78, 5) is 4.30. The lowest BCUT2D eigenvalue weighted by molar-refractivity contribution is 0.0882. The molecule has 0 amide bonds. The second-order valence-corrected chi connectivity index (χ2v) is 12.9. The maximum atomic E-state index is 5.86. The molecule has 0 aliphatic carbocycles. The van der Waals surface area contributed by atoms with Crippen LogP contribution in [-0.4, -0.2) is 28.8 Å². The first-order valence-corrected chi connectivity index (χ1v) is 11.8. The van der Waals surface area contributed by atoms with Crippen LogP contribution < -0.4 is 0 Å². The molecule has 3 rings (SSSR count). The molecule has 122 valence electrons. The van der Waals surface area contributed by atoms with E-state index < -0.39 is 8.07 Å². The molecule has 23 heavy (non-hydrogen) atoms. The van der Waals surface area contributed by atoms with E-state index in [0.29, 0.717) is 6.73 Å². The molecule has 0 radical (unpaired) electrons. The predicted molar refractivity (Wildman–Crippen MR) is 98.2 cm³/mol. The van der Waals surface area contributed by atoms with Gasteiger partial charge in [-0.2, -0.15) is 0 Å². The molecule has 0 aliphatic rings. The van der Waals surface area contributed by atoms with Crippen molar-refractivity contribution in [1.82, 2.24) is 14.1 Å². The van der Waals surface area contributed by atoms with Gasteiger partial charge in [-0.3, -0.25) is 0 Å². The Kier molecular flexibility index (Phi) is 4.41. The zero-order valence-electron chi connectivity index (χ0n) is 14.4. The molecular formula is C18H25N3OSi. The van der Waals surface area contributed by atoms with Gasteiger partial charge >= 0.3 is 0 Å². The van der Waals surface area contributed by atoms with Crippen LogP contribution >= 0.6 is 0 Å². The average Bonchev–Trinajstić information content (AvgIpc) is 3.10. The Hall–Kier alpha value is -1.85. The van der Waals surface area contributed by atoms with Gasteiger partial charge < -0.3 is 13.9 Å². The normalized spacial score (nSPS) is 12.2. The number of rotatable bonds is 6. The maximum absolute atomic E-state index is 5.86. The third-order valence-electron chi connectivity index (χ3n) is 4.12. The highest BCUT2D eigenvalue weighted by molar-refractivity contribution is 6.76. The fourth-order valence-electron chi connectivity index (χ4n) is 2.63. The molecule has 0 spiro atoms. The maximum Gasteiger partial charge on any atom is 0.124 e. The quantitative estimate of drug-likeness (QED) is 0.498. The van der Waals surface area contributed by atoms with Crippen molar-refractivity contribution in [1.29, 1.82) is 0 Å². The van der Waals surface area contributed by atoms with Crippen molar-refractivity contribution in [2.45, 2.75) is 32.4 Å². The van der Waals surface area contributed by atoms with Crippen LogP contribution in [0.1, 0.15) is 0 Å². The Morgan fingerprint density at radius 3 is 2.78 bits per heavy atom. The standard InChI is InChI=1S/C18H25N3OSi/c1-20-8-7-15-5-6-16(11-17(15)20)18-12-19-13-21(18)14-22-9-10-23(2,3)4/h5-8,11-13H,9-10,14H2,1-4H3. The van der Waals surface area contributed by atoms with E-state index in [0.717, 1.165) is 12.3 Å². The van der Waals surface area contributed by atoms with Crippen molar-refractivity contribution in [3.63, 3.8) is 0 Å². The molecule has 0 aliphatic heterocycles. The summed E-state index contributed by atoms with van der Waals surface area (Å²) in [6.07, 6.45) is 5.84. The van der Waals surface area contributed by atoms with Gasteiger partial charge in [0.05, 0.1) is 18.2 Å². The number of benzene rings is 1. The molecule has 0 fully saturated rings. The molecule has 4 nitrogen and oxygen atoms in total. The lowest BCUT2D eigenvalue weighted by atomic mass is 10.1. The van der Waals surface area contributed by atoms with Crippen LogP contribution in [0.4, 0.5) is 0 Å². The van der Waals surface area contributed by atoms with E-state index in [-0.39, 0.29) is 0 Å². The Labute approximate surface area is 138 Å². The third-order valence-corrected chi connectivity index (χ3v) is 5.83. The van der Waals surface area contributed by atoms with E-state index in [9.17, 15) is 0 Å². The Balaban J connectivity index is 1.75. The molecular weight excluding hydrogens is 302 g/mol. The van der Waals surface area contributed by atoms with E-state index in [1.54, 1.807) is 0 Å². The first-order valence-electron chi connectivity index (χ1n) is 8.07. The van der Waals surface area contributed by atoms with E-state index in [4.69, 9.17) is 4.74 Å². The first kappa shape index (κ1) is 16.0. The Bertz CT molecular complexity index is 798. The van der Waals surface area contributed by atoms with Crippen molar-refractivity contribution in [3.05, 3.63) is 43.0 Å². The molecule has 0 atom stereocenters. The fraction of sp³-hybridized carbons (Fsp3) is 0.389. The van der Waals surface area contributed by atoms with Crippen molar-refractivity contribution in [3.8, 4) is 11.3 Å². The van der Waals surface area contributed by atoms with Gasteiger partial charge in [0.25, 0.3) is 0 Å². The molecule has 5 heteroatoms. The summed E-state index contributed by atoms with van der Waals surface area (Å²) < 4.78 is 10.1. The van der Waals surface area contributed by atoms with Gasteiger partial charge in [-0.1, -0.05) is 31.8 Å². The summed E-state index contributed by atoms with van der Waals surface area (Å²) in [6, 6.07) is 9.85. The van der Waals surface area contributed by atoms with Crippen LogP contribution in [-0.2, 0) is 18.5 Å². The zero-order valence-corrected chi connectivity index (χ0v) is 15.4. The van der Waals surface area contributed by atoms with Crippen molar-refractivity contribution >= 4 is 19.0 Å². The number of aryl methyl sites for hydroxylation is 1. The lowest BCUT2D eigenvalue weighted by Gasteiger charge is -2.16. The molecule has 0 N–H and O–H groups in total. The largest absolute Gasteiger partial charge is 0.361 e. The number of nitrogens with zero attached hydrogens (tertiary/aromatic N) is 3. The van der Waals surface area contributed by atoms with Crippen molar-refractivity contribution in [2.24, 2.45) is 7.05 Å². The lowest BCUT2D eigenvalue weighted by Crippen LogP contribution is -2.22. The number of ether oxygens (including phenoxy) is 1. The van der Waals surface area contributed by atoms with Crippen LogP contribution in [0.25, 0.3) is 22.2 Å². The van der Waals surface area contributed by atoms with Gasteiger partial charge in [-0.05, 0) is 23.6 Å². The van der Waals surface area contributed by atoms with Crippen LogP contribution in [0.5, 0.6) is 0 Å². The van der Waals surface area contributed by atoms with E-state index >= 15 is 0 Å². The highest BCUT2D eigenvalue weighted by Gasteiger charge is 2.12. The second kappa shape index (κ2) is 6.33. The van der Waals surface area contributed by atoms with E-state index in [1.807, 2.05) is 12.5 Å². The minimum atomic E-state index is -1.04. The van der Waals surface area contributed by atoms with Crippen molar-refractivity contribution < 1.29 is 4.74 Å². The highest BCUT2D eigenvalue weighted by atomic mass is 28.3. The summed E-state index contributed by atoms with van der Waals surface area (Å²) in [6.45, 7) is 8.49. The van der Waals surface area contributed by atoms with Gasteiger partial charge in [-0.15, -0.1) is 0 Å². The smallest absolute Gasteiger partial charge is 0.124 e. The summed E-state index contributed by atoms with van der Waals surface area (Å²) in [5, 5.41) is 1.26. The number of imidazole rings is 1. The van der Waals surface area contributed by atoms with Gasteiger partial charge in [0, 0.05) is 39.0 Å². The summed E-state index contributed by atoms with van der Waals surface area (Å²) in [5.74, 6) is 0. The SMILES string of the molecule is Cn1ccc2ccc(-c3cncn3COCC[Si](C)(C)C)cc21. The van der Waals surface area contributed by atoms with Gasteiger partial charge in [0.2, 0.25) is 0 Å². The molecule has 2 heterocycles. The van der Waals surface area contributed by atoms with Crippen LogP contribution in [0.15, 0.2) is 43.0 Å². The van der Waals surface area contributed by atoms with Crippen molar-refractivity contribution in [2.75, 3.05) is 6.61 Å². The van der Waals surface area contributed by atoms with Gasteiger partial charge in [0.15, 0.2) is 0 Å². The van der Waals surface area contributed by atoms with E-state index in [1.165, 1.54) is 22.5 Å². The zero-order chi connectivity index (χ0) is 16.4. The molecule has 2 aromatic heterocycles. The third kappa shape index (κ3) is 3.73. The topological polar surface area (TPSA) is 32.0 Å². The molecule has 3 aromatic rings. The number of aromatic nitrogens is 3. The predicted octanol–water partition coefficient (Wildman–Crippen LogP) is 4.35. The van der Waals surface area contributed by atoms with Gasteiger partial charge in [-0.25, -0.2) is 4.98 Å². The Morgan fingerprint density at radius 1 is 1.17 bits per heavy atom. The highest BCUT2D eigenvalue weighted by Crippen LogP contribution is 2.24. The minimum absolute atomic E-state index is 0.561. The van der Waals surface area contributed by atoms with E-state index in [2.05, 4.69) is 71.3 Å². The first-order chi connectivity index (χ1) is 10.9. The average molecular weight is 328 g/mol. The molecule has 0 unspecified atom stereocenters. The molecule has 0 saturated carbocycles. The Morgan fingerprint density at radius 2 is 2.00 bits per heavy atom. The van der Waals surface area contributed by atoms with Crippen LogP contribution in [0.3, 0.4) is 0 Å². The van der Waals surface area contributed by atoms with Crippen LogP contribution in [0, 0.1) is 0 Å².